The van der Waals surface area contributed by atoms with E-state index in [4.69, 9.17) is 0 Å². The van der Waals surface area contributed by atoms with Gasteiger partial charge in [0, 0.05) is 35.5 Å². The van der Waals surface area contributed by atoms with Crippen molar-refractivity contribution in [3.8, 4) is 11.4 Å². The van der Waals surface area contributed by atoms with Crippen LogP contribution >= 0.6 is 0 Å². The van der Waals surface area contributed by atoms with Crippen LogP contribution in [0.5, 0.6) is 0 Å². The number of hydrogen-bond donors (Lipinski definition) is 2. The molecule has 5 rings (SSSR count). The highest BCUT2D eigenvalue weighted by molar-refractivity contribution is 5.95. The molecule has 1 atom stereocenters. The number of carbonyl (C=O) groups is 1. The van der Waals surface area contributed by atoms with Crippen LogP contribution < -0.4 is 0 Å². The molecule has 1 amide bonds. The summed E-state index contributed by atoms with van der Waals surface area (Å²) in [4.78, 5) is 22.8. The Morgan fingerprint density at radius 3 is 2.69 bits per heavy atom. The van der Waals surface area contributed by atoms with Gasteiger partial charge in [0.25, 0.3) is 5.91 Å². The minimum atomic E-state index is 0.0855. The van der Waals surface area contributed by atoms with Crippen LogP contribution in [0, 0.1) is 0 Å². The highest BCUT2D eigenvalue weighted by atomic mass is 16.2. The van der Waals surface area contributed by atoms with Crippen LogP contribution in [-0.2, 0) is 0 Å². The van der Waals surface area contributed by atoms with E-state index in [1.165, 1.54) is 12.8 Å². The Morgan fingerprint density at radius 2 is 1.96 bits per heavy atom. The largest absolute Gasteiger partial charge is 0.363 e. The molecule has 1 saturated heterocycles. The number of carbonyl (C=O) groups excluding carboxylic acids is 1. The Hall–Kier alpha value is -2.89. The summed E-state index contributed by atoms with van der Waals surface area (Å²) in [5, 5.41) is 7.34. The van der Waals surface area contributed by atoms with Gasteiger partial charge in [-0.3, -0.25) is 9.89 Å². The van der Waals surface area contributed by atoms with Gasteiger partial charge in [-0.2, -0.15) is 5.10 Å². The molecule has 1 saturated carbocycles. The zero-order valence-electron chi connectivity index (χ0n) is 14.5. The molecule has 2 N–H and O–H groups in total. The van der Waals surface area contributed by atoms with Gasteiger partial charge in [0.15, 0.2) is 5.82 Å². The molecule has 0 spiro atoms. The number of hydrogen-bond acceptors (Lipinski definition) is 3. The van der Waals surface area contributed by atoms with Gasteiger partial charge in [0.1, 0.15) is 5.82 Å². The monoisotopic (exact) mass is 347 g/mol. The van der Waals surface area contributed by atoms with Crippen molar-refractivity contribution < 1.29 is 4.79 Å². The summed E-state index contributed by atoms with van der Waals surface area (Å²) in [6, 6.07) is 11.8. The third-order valence-corrected chi connectivity index (χ3v) is 5.35. The summed E-state index contributed by atoms with van der Waals surface area (Å²) in [7, 11) is 0. The van der Waals surface area contributed by atoms with E-state index in [1.807, 2.05) is 41.4 Å². The first-order valence-corrected chi connectivity index (χ1v) is 9.26. The molecule has 0 unspecified atom stereocenters. The lowest BCUT2D eigenvalue weighted by Crippen LogP contribution is -2.30. The van der Waals surface area contributed by atoms with Crippen molar-refractivity contribution in [3.05, 3.63) is 59.7 Å². The van der Waals surface area contributed by atoms with Crippen LogP contribution in [0.15, 0.2) is 42.6 Å². The van der Waals surface area contributed by atoms with Crippen molar-refractivity contribution in [2.75, 3.05) is 6.54 Å². The molecule has 6 heteroatoms. The molecule has 1 aromatic carbocycles. The Kier molecular flexibility index (Phi) is 3.62. The smallest absolute Gasteiger partial charge is 0.254 e. The molecule has 1 aliphatic carbocycles. The third kappa shape index (κ3) is 2.71. The highest BCUT2D eigenvalue weighted by Crippen LogP contribution is 2.38. The molecule has 2 fully saturated rings. The summed E-state index contributed by atoms with van der Waals surface area (Å²) >= 11 is 0. The second-order valence-corrected chi connectivity index (χ2v) is 7.18. The first kappa shape index (κ1) is 15.4. The average molecular weight is 347 g/mol. The fraction of sp³-hybridized carbons (Fsp3) is 0.350. The van der Waals surface area contributed by atoms with Crippen molar-refractivity contribution in [1.29, 1.82) is 0 Å². The lowest BCUT2D eigenvalue weighted by atomic mass is 10.1. The number of amides is 1. The number of aromatic amines is 2. The van der Waals surface area contributed by atoms with Gasteiger partial charge in [-0.25, -0.2) is 4.98 Å². The molecule has 3 aromatic rings. The second-order valence-electron chi connectivity index (χ2n) is 7.18. The summed E-state index contributed by atoms with van der Waals surface area (Å²) in [6.07, 6.45) is 6.35. The zero-order chi connectivity index (χ0) is 17.5. The molecule has 132 valence electrons. The summed E-state index contributed by atoms with van der Waals surface area (Å²) < 4.78 is 0. The van der Waals surface area contributed by atoms with Crippen LogP contribution in [0.3, 0.4) is 0 Å². The van der Waals surface area contributed by atoms with Crippen LogP contribution in [0.2, 0.25) is 0 Å². The number of nitrogens with one attached hydrogen (secondary N) is 2. The molecule has 0 radical (unpaired) electrons. The lowest BCUT2D eigenvalue weighted by molar-refractivity contribution is 0.0733. The van der Waals surface area contributed by atoms with E-state index >= 15 is 0 Å². The van der Waals surface area contributed by atoms with Crippen LogP contribution in [0.25, 0.3) is 11.4 Å². The normalized spacial score (nSPS) is 19.8. The maximum atomic E-state index is 13.0. The van der Waals surface area contributed by atoms with Gasteiger partial charge in [-0.1, -0.05) is 12.1 Å². The quantitative estimate of drug-likeness (QED) is 0.756. The van der Waals surface area contributed by atoms with Crippen molar-refractivity contribution in [2.24, 2.45) is 0 Å². The Morgan fingerprint density at radius 1 is 1.12 bits per heavy atom. The molecule has 6 nitrogen and oxygen atoms in total. The highest BCUT2D eigenvalue weighted by Gasteiger charge is 2.31. The SMILES string of the molecule is O=C(c1ccc(-c2n[nH]c(C3CC3)n2)cc1)N1CCC[C@@H]1c1ccc[nH]1. The first-order chi connectivity index (χ1) is 12.8. The first-order valence-electron chi connectivity index (χ1n) is 9.26. The van der Waals surface area contributed by atoms with E-state index in [0.717, 1.165) is 36.5 Å². The van der Waals surface area contributed by atoms with Crippen molar-refractivity contribution in [2.45, 2.75) is 37.6 Å². The Labute approximate surface area is 151 Å². The number of benzene rings is 1. The van der Waals surface area contributed by atoms with Crippen LogP contribution in [0.4, 0.5) is 0 Å². The lowest BCUT2D eigenvalue weighted by Gasteiger charge is -2.24. The number of H-pyrrole nitrogens is 2. The molecule has 0 bridgehead atoms. The second kappa shape index (κ2) is 6.12. The van der Waals surface area contributed by atoms with Gasteiger partial charge >= 0.3 is 0 Å². The molecular weight excluding hydrogens is 326 g/mol. The summed E-state index contributed by atoms with van der Waals surface area (Å²) in [5.41, 5.74) is 2.76. The van der Waals surface area contributed by atoms with Crippen molar-refractivity contribution in [3.63, 3.8) is 0 Å². The number of nitrogens with zero attached hydrogens (tertiary/aromatic N) is 3. The maximum absolute atomic E-state index is 13.0. The van der Waals surface area contributed by atoms with Gasteiger partial charge in [0.05, 0.1) is 6.04 Å². The number of rotatable bonds is 4. The fourth-order valence-corrected chi connectivity index (χ4v) is 3.76. The van der Waals surface area contributed by atoms with E-state index in [2.05, 4.69) is 26.2 Å². The molecule has 3 heterocycles. The predicted octanol–water partition coefficient (Wildman–Crippen LogP) is 3.65. The van der Waals surface area contributed by atoms with E-state index in [1.54, 1.807) is 0 Å². The van der Waals surface area contributed by atoms with Crippen LogP contribution in [0.1, 0.15) is 59.5 Å². The molecule has 2 aliphatic rings. The van der Waals surface area contributed by atoms with Gasteiger partial charge in [-0.05, 0) is 49.9 Å². The summed E-state index contributed by atoms with van der Waals surface area (Å²) in [6.45, 7) is 0.802. The van der Waals surface area contributed by atoms with Crippen molar-refractivity contribution in [1.82, 2.24) is 25.1 Å². The predicted molar refractivity (Wildman–Crippen MR) is 97.6 cm³/mol. The minimum absolute atomic E-state index is 0.0855. The molecular formula is C20H21N5O. The molecule has 2 aromatic heterocycles. The summed E-state index contributed by atoms with van der Waals surface area (Å²) in [5.74, 6) is 2.32. The zero-order valence-corrected chi connectivity index (χ0v) is 14.5. The average Bonchev–Trinajstić information content (AvgIpc) is 3.13. The van der Waals surface area contributed by atoms with Crippen molar-refractivity contribution >= 4 is 5.91 Å². The van der Waals surface area contributed by atoms with Crippen LogP contribution in [-0.4, -0.2) is 37.5 Å². The van der Waals surface area contributed by atoms with E-state index in [9.17, 15) is 4.79 Å². The number of likely N-dealkylation sites (tertiary alicyclic amines) is 1. The van der Waals surface area contributed by atoms with Gasteiger partial charge in [-0.15, -0.1) is 0 Å². The Balaban J connectivity index is 1.35. The topological polar surface area (TPSA) is 77.7 Å². The van der Waals surface area contributed by atoms with E-state index in [0.29, 0.717) is 17.3 Å². The maximum Gasteiger partial charge on any atom is 0.254 e. The fourth-order valence-electron chi connectivity index (χ4n) is 3.76. The van der Waals surface area contributed by atoms with E-state index < -0.39 is 0 Å². The van der Waals surface area contributed by atoms with Gasteiger partial charge in [0.2, 0.25) is 0 Å². The molecule has 1 aliphatic heterocycles. The minimum Gasteiger partial charge on any atom is -0.363 e. The van der Waals surface area contributed by atoms with Gasteiger partial charge < -0.3 is 9.88 Å². The standard InChI is InChI=1S/C20H21N5O/c26-20(25-12-2-4-17(25)16-3-1-11-21-16)15-9-7-14(8-10-15)19-22-18(23-24-19)13-5-6-13/h1,3,7-11,13,17,21H,2,4-6,12H2,(H,22,23,24)/t17-/m1/s1. The number of aromatic nitrogens is 4. The van der Waals surface area contributed by atoms with E-state index in [-0.39, 0.29) is 11.9 Å². The third-order valence-electron chi connectivity index (χ3n) is 5.35. The molecule has 26 heavy (non-hydrogen) atoms. The Bertz CT molecular complexity index is 908.